The first-order valence-corrected chi connectivity index (χ1v) is 4.88. The van der Waals surface area contributed by atoms with Crippen LogP contribution >= 0.6 is 0 Å². The summed E-state index contributed by atoms with van der Waals surface area (Å²) >= 11 is 0. The maximum atomic E-state index is 13.2. The van der Waals surface area contributed by atoms with E-state index in [1.807, 2.05) is 0 Å². The molecule has 1 aromatic heterocycles. The van der Waals surface area contributed by atoms with E-state index in [2.05, 4.69) is 10.3 Å². The van der Waals surface area contributed by atoms with E-state index in [9.17, 15) is 9.18 Å². The topological polar surface area (TPSA) is 51.2 Å². The summed E-state index contributed by atoms with van der Waals surface area (Å²) in [6.07, 6.45) is 1.30. The normalized spacial score (nSPS) is 11.2. The first-order valence-electron chi connectivity index (χ1n) is 4.88. The highest BCUT2D eigenvalue weighted by molar-refractivity contribution is 5.94. The van der Waals surface area contributed by atoms with Gasteiger partial charge in [0.2, 0.25) is 5.95 Å². The molecule has 0 radical (unpaired) electrons. The molecule has 0 aliphatic heterocycles. The van der Waals surface area contributed by atoms with E-state index in [0.717, 1.165) is 0 Å². The third-order valence-corrected chi connectivity index (χ3v) is 1.96. The fourth-order valence-corrected chi connectivity index (χ4v) is 1.33. The molecule has 5 heteroatoms. The van der Waals surface area contributed by atoms with Crippen LogP contribution in [0.2, 0.25) is 0 Å². The van der Waals surface area contributed by atoms with Gasteiger partial charge in [-0.25, -0.2) is 4.98 Å². The lowest BCUT2D eigenvalue weighted by atomic mass is 10.1. The number of rotatable bonds is 4. The minimum absolute atomic E-state index is 0.0633. The lowest BCUT2D eigenvalue weighted by molar-refractivity contribution is 0.0815. The van der Waals surface area contributed by atoms with Crippen molar-refractivity contribution in [3.8, 4) is 0 Å². The number of hydrogen-bond donors (Lipinski definition) is 1. The summed E-state index contributed by atoms with van der Waals surface area (Å²) < 4.78 is 18.1. The molecule has 0 saturated carbocycles. The van der Waals surface area contributed by atoms with Crippen molar-refractivity contribution < 1.29 is 13.9 Å². The molecule has 0 aliphatic rings. The molecule has 0 aromatic carbocycles. The van der Waals surface area contributed by atoms with Crippen LogP contribution in [-0.2, 0) is 4.74 Å². The highest BCUT2D eigenvalue weighted by Crippen LogP contribution is 2.07. The van der Waals surface area contributed by atoms with Crippen molar-refractivity contribution in [3.05, 3.63) is 29.8 Å². The highest BCUT2D eigenvalue weighted by atomic mass is 19.1. The molecule has 1 rings (SSSR count). The number of carbonyl (C=O) groups excluding carboxylic acids is 1. The third-order valence-electron chi connectivity index (χ3n) is 1.96. The Labute approximate surface area is 93.8 Å². The largest absolute Gasteiger partial charge is 0.382 e. The van der Waals surface area contributed by atoms with Crippen molar-refractivity contribution in [3.63, 3.8) is 0 Å². The van der Waals surface area contributed by atoms with Gasteiger partial charge in [-0.15, -0.1) is 0 Å². The van der Waals surface area contributed by atoms with Gasteiger partial charge >= 0.3 is 0 Å². The number of carbonyl (C=O) groups is 1. The van der Waals surface area contributed by atoms with Crippen molar-refractivity contribution in [2.75, 3.05) is 13.7 Å². The monoisotopic (exact) mass is 226 g/mol. The minimum atomic E-state index is -0.770. The number of aromatic nitrogens is 1. The maximum absolute atomic E-state index is 13.2. The van der Waals surface area contributed by atoms with Gasteiger partial charge < -0.3 is 10.1 Å². The van der Waals surface area contributed by atoms with Gasteiger partial charge in [0.05, 0.1) is 17.7 Å². The van der Waals surface area contributed by atoms with Gasteiger partial charge in [-0.05, 0) is 26.0 Å². The van der Waals surface area contributed by atoms with Crippen molar-refractivity contribution in [1.29, 1.82) is 0 Å². The number of hydrogen-bond acceptors (Lipinski definition) is 3. The second-order valence-corrected chi connectivity index (χ2v) is 4.11. The summed E-state index contributed by atoms with van der Waals surface area (Å²) in [6, 6.07) is 2.90. The standard InChI is InChI=1S/C11H15FN2O2/c1-11(2,7-16-3)14-10(15)8-5-4-6-13-9(8)12/h4-6H,7H2,1-3H3,(H,14,15). The lowest BCUT2D eigenvalue weighted by Crippen LogP contribution is -2.47. The summed E-state index contributed by atoms with van der Waals surface area (Å²) in [4.78, 5) is 15.1. The van der Waals surface area contributed by atoms with Gasteiger partial charge in [0.25, 0.3) is 5.91 Å². The van der Waals surface area contributed by atoms with Crippen molar-refractivity contribution >= 4 is 5.91 Å². The number of halogens is 1. The zero-order valence-corrected chi connectivity index (χ0v) is 9.58. The number of pyridine rings is 1. The predicted molar refractivity (Wildman–Crippen MR) is 57.6 cm³/mol. The average Bonchev–Trinajstić information content (AvgIpc) is 2.17. The molecular weight excluding hydrogens is 211 g/mol. The fraction of sp³-hybridized carbons (Fsp3) is 0.455. The van der Waals surface area contributed by atoms with Crippen LogP contribution in [0, 0.1) is 5.95 Å². The predicted octanol–water partition coefficient (Wildman–Crippen LogP) is 1.38. The zero-order valence-electron chi connectivity index (χ0n) is 9.58. The highest BCUT2D eigenvalue weighted by Gasteiger charge is 2.22. The molecule has 1 heterocycles. The van der Waals surface area contributed by atoms with Crippen LogP contribution < -0.4 is 5.32 Å². The van der Waals surface area contributed by atoms with Gasteiger partial charge in [0.15, 0.2) is 0 Å². The van der Waals surface area contributed by atoms with Gasteiger partial charge in [-0.3, -0.25) is 4.79 Å². The quantitative estimate of drug-likeness (QED) is 0.789. The molecule has 0 aliphatic carbocycles. The number of nitrogens with zero attached hydrogens (tertiary/aromatic N) is 1. The molecule has 16 heavy (non-hydrogen) atoms. The molecule has 1 amide bonds. The summed E-state index contributed by atoms with van der Waals surface area (Å²) in [5.74, 6) is -1.26. The molecule has 0 spiro atoms. The van der Waals surface area contributed by atoms with Crippen molar-refractivity contribution in [1.82, 2.24) is 10.3 Å². The maximum Gasteiger partial charge on any atom is 0.256 e. The number of amides is 1. The van der Waals surface area contributed by atoms with Crippen molar-refractivity contribution in [2.45, 2.75) is 19.4 Å². The molecule has 0 unspecified atom stereocenters. The molecule has 0 saturated heterocycles. The average molecular weight is 226 g/mol. The summed E-state index contributed by atoms with van der Waals surface area (Å²) in [5.41, 5.74) is -0.611. The van der Waals surface area contributed by atoms with E-state index in [0.29, 0.717) is 6.61 Å². The Morgan fingerprint density at radius 3 is 2.88 bits per heavy atom. The lowest BCUT2D eigenvalue weighted by Gasteiger charge is -2.25. The first kappa shape index (κ1) is 12.6. The minimum Gasteiger partial charge on any atom is -0.382 e. The zero-order chi connectivity index (χ0) is 12.2. The van der Waals surface area contributed by atoms with Gasteiger partial charge in [0, 0.05) is 13.3 Å². The van der Waals surface area contributed by atoms with E-state index < -0.39 is 17.4 Å². The smallest absolute Gasteiger partial charge is 0.256 e. The Morgan fingerprint density at radius 1 is 1.62 bits per heavy atom. The van der Waals surface area contributed by atoms with Crippen LogP contribution in [0.25, 0.3) is 0 Å². The number of nitrogens with one attached hydrogen (secondary N) is 1. The summed E-state index contributed by atoms with van der Waals surface area (Å²) in [7, 11) is 1.54. The van der Waals surface area contributed by atoms with Crippen LogP contribution in [-0.4, -0.2) is 30.1 Å². The molecule has 88 valence electrons. The molecule has 1 aromatic rings. The third kappa shape index (κ3) is 3.27. The Hall–Kier alpha value is -1.49. The Kier molecular flexibility index (Phi) is 3.95. The van der Waals surface area contributed by atoms with Crippen LogP contribution in [0.4, 0.5) is 4.39 Å². The molecule has 0 atom stereocenters. The van der Waals surface area contributed by atoms with Crippen LogP contribution in [0.15, 0.2) is 18.3 Å². The SMILES string of the molecule is COCC(C)(C)NC(=O)c1cccnc1F. The molecule has 1 N–H and O–H groups in total. The van der Waals surface area contributed by atoms with E-state index in [1.165, 1.54) is 18.3 Å². The van der Waals surface area contributed by atoms with E-state index in [1.54, 1.807) is 21.0 Å². The van der Waals surface area contributed by atoms with Gasteiger partial charge in [0.1, 0.15) is 0 Å². The number of ether oxygens (including phenoxy) is 1. The van der Waals surface area contributed by atoms with E-state index >= 15 is 0 Å². The van der Waals surface area contributed by atoms with E-state index in [-0.39, 0.29) is 5.56 Å². The second-order valence-electron chi connectivity index (χ2n) is 4.11. The van der Waals surface area contributed by atoms with Crippen LogP contribution in [0.5, 0.6) is 0 Å². The molecule has 4 nitrogen and oxygen atoms in total. The van der Waals surface area contributed by atoms with E-state index in [4.69, 9.17) is 4.74 Å². The summed E-state index contributed by atoms with van der Waals surface area (Å²) in [5, 5.41) is 2.67. The van der Waals surface area contributed by atoms with Crippen molar-refractivity contribution in [2.24, 2.45) is 0 Å². The van der Waals surface area contributed by atoms with Crippen LogP contribution in [0.3, 0.4) is 0 Å². The molecule has 0 fully saturated rings. The summed E-state index contributed by atoms with van der Waals surface area (Å²) in [6.45, 7) is 3.94. The van der Waals surface area contributed by atoms with Gasteiger partial charge in [-0.1, -0.05) is 0 Å². The Morgan fingerprint density at radius 2 is 2.31 bits per heavy atom. The fourth-order valence-electron chi connectivity index (χ4n) is 1.33. The molecular formula is C11H15FN2O2. The Bertz CT molecular complexity index is 380. The van der Waals surface area contributed by atoms with Gasteiger partial charge in [-0.2, -0.15) is 4.39 Å². The van der Waals surface area contributed by atoms with Crippen LogP contribution in [0.1, 0.15) is 24.2 Å². The second kappa shape index (κ2) is 5.03. The molecule has 0 bridgehead atoms. The Balaban J connectivity index is 2.77. The first-order chi connectivity index (χ1) is 7.46. The number of methoxy groups -OCH3 is 1.